The molecule has 0 saturated heterocycles. The number of benzene rings is 1. The molecule has 4 fully saturated rings. The number of aliphatic hydroxyl groups excluding tert-OH is 1. The Labute approximate surface area is 230 Å². The van der Waals surface area contributed by atoms with Crippen molar-refractivity contribution in [3.05, 3.63) is 47.5 Å². The molecular weight excluding hydrogens is 498 g/mol. The summed E-state index contributed by atoms with van der Waals surface area (Å²) >= 11 is 0. The largest absolute Gasteiger partial charge is 0.549 e. The van der Waals surface area contributed by atoms with Gasteiger partial charge in [-0.25, -0.2) is 4.79 Å². The second-order valence-corrected chi connectivity index (χ2v) is 12.8. The Kier molecular flexibility index (Phi) is 7.46. The summed E-state index contributed by atoms with van der Waals surface area (Å²) in [7, 11) is 0. The molecule has 1 heterocycles. The zero-order valence-electron chi connectivity index (χ0n) is 22.9. The van der Waals surface area contributed by atoms with E-state index in [1.807, 2.05) is 6.07 Å². The summed E-state index contributed by atoms with van der Waals surface area (Å²) in [4.78, 5) is 24.2. The van der Waals surface area contributed by atoms with E-state index in [0.29, 0.717) is 32.1 Å². The Balaban J connectivity index is 0.000000292. The molecule has 6 rings (SSSR count). The van der Waals surface area contributed by atoms with Gasteiger partial charge in [0.15, 0.2) is 0 Å². The predicted octanol–water partition coefficient (Wildman–Crippen LogP) is 0.920. The summed E-state index contributed by atoms with van der Waals surface area (Å²) < 4.78 is 5.13. The number of hydrogen-bond donors (Lipinski definition) is 4. The van der Waals surface area contributed by atoms with Crippen LogP contribution >= 0.6 is 0 Å². The average Bonchev–Trinajstić information content (AvgIpc) is 3.44. The summed E-state index contributed by atoms with van der Waals surface area (Å²) in [5.41, 5.74) is 1.63. The lowest BCUT2D eigenvalue weighted by Crippen LogP contribution is -2.72. The molecule has 0 aromatic heterocycles. The molecule has 214 valence electrons. The topological polar surface area (TPSA) is 155 Å². The molecule has 0 radical (unpaired) electrons. The highest BCUT2D eigenvalue weighted by Gasteiger charge is 2.71. The molecule has 0 spiro atoms. The maximum Gasteiger partial charge on any atom is 0.331 e. The highest BCUT2D eigenvalue weighted by molar-refractivity contribution is 5.85. The van der Waals surface area contributed by atoms with Crippen molar-refractivity contribution in [3.8, 4) is 0 Å². The zero-order valence-corrected chi connectivity index (χ0v) is 22.9. The molecule has 4 aliphatic carbocycles. The number of aliphatic carboxylic acids is 1. The van der Waals surface area contributed by atoms with E-state index < -0.39 is 34.1 Å². The standard InChI is InChI=1S/C23H32O7.C8H11N/c1-20-6-3-16-17(23(20,29)9-5-15(20)13-10-18(25)30-12-13)4-7-21(28)11-14(24)2-8-22(16,21)19(26)27;9-7-6-8-4-2-1-3-5-8/h10,14-17,24,28-29H,2-9,11-12H2,1H3,(H,26,27);1-5H,6-7,9H2/t14-,15+,16-,17+,20+,21-,22+,23-;/m0./s1. The van der Waals surface area contributed by atoms with Gasteiger partial charge >= 0.3 is 5.97 Å². The van der Waals surface area contributed by atoms with E-state index in [4.69, 9.17) is 4.74 Å². The van der Waals surface area contributed by atoms with E-state index >= 15 is 0 Å². The third-order valence-electron chi connectivity index (χ3n) is 11.2. The molecule has 1 aromatic rings. The van der Waals surface area contributed by atoms with Crippen LogP contribution in [0.5, 0.6) is 0 Å². The van der Waals surface area contributed by atoms with Crippen LogP contribution in [0.1, 0.15) is 70.3 Å². The molecule has 0 amide bonds. The van der Waals surface area contributed by atoms with Crippen molar-refractivity contribution in [1.29, 1.82) is 0 Å². The van der Waals surface area contributed by atoms with Gasteiger partial charge in [0.25, 0.3) is 0 Å². The van der Waals surface area contributed by atoms with Gasteiger partial charge in [-0.3, -0.25) is 0 Å². The van der Waals surface area contributed by atoms with Gasteiger partial charge in [0.1, 0.15) is 6.61 Å². The van der Waals surface area contributed by atoms with Crippen LogP contribution in [-0.4, -0.2) is 57.7 Å². The van der Waals surface area contributed by atoms with Gasteiger partial charge < -0.3 is 35.7 Å². The van der Waals surface area contributed by atoms with Crippen molar-refractivity contribution in [2.75, 3.05) is 13.2 Å². The number of ether oxygens (including phenoxy) is 1. The molecule has 6 N–H and O–H groups in total. The van der Waals surface area contributed by atoms with Gasteiger partial charge in [0, 0.05) is 29.7 Å². The SMILES string of the molecule is C[C@]12CC[C@H]3[C@@H](CC[C@]4(O)C[C@@H](O)CC[C@]34C(=O)[O-])[C@@]1(O)CC[C@@H]2C1=CC(=O)OC1.[NH3+]CCc1ccccc1. The normalized spacial score (nSPS) is 42.7. The Morgan fingerprint density at radius 1 is 1.05 bits per heavy atom. The Morgan fingerprint density at radius 3 is 2.41 bits per heavy atom. The average molecular weight is 542 g/mol. The number of carbonyl (C=O) groups excluding carboxylic acids is 2. The molecular formula is C31H43NO7. The maximum absolute atomic E-state index is 12.6. The summed E-state index contributed by atoms with van der Waals surface area (Å²) in [6, 6.07) is 10.4. The molecule has 1 aromatic carbocycles. The Hall–Kier alpha value is -2.26. The van der Waals surface area contributed by atoms with Gasteiger partial charge in [-0.05, 0) is 80.3 Å². The minimum absolute atomic E-state index is 0.0304. The maximum atomic E-state index is 12.6. The van der Waals surface area contributed by atoms with Crippen LogP contribution < -0.4 is 10.8 Å². The van der Waals surface area contributed by atoms with Gasteiger partial charge in [-0.2, -0.15) is 0 Å². The number of rotatable bonds is 4. The van der Waals surface area contributed by atoms with Crippen LogP contribution in [-0.2, 0) is 20.7 Å². The summed E-state index contributed by atoms with van der Waals surface area (Å²) in [5, 5.41) is 46.2. The fourth-order valence-electron chi connectivity index (χ4n) is 9.32. The second-order valence-electron chi connectivity index (χ2n) is 12.8. The van der Waals surface area contributed by atoms with Gasteiger partial charge in [0.05, 0.1) is 29.8 Å². The predicted molar refractivity (Wildman–Crippen MR) is 140 cm³/mol. The second kappa shape index (κ2) is 10.3. The lowest BCUT2D eigenvalue weighted by atomic mass is 9.41. The van der Waals surface area contributed by atoms with Crippen molar-refractivity contribution in [3.63, 3.8) is 0 Å². The van der Waals surface area contributed by atoms with E-state index in [0.717, 1.165) is 25.0 Å². The lowest BCUT2D eigenvalue weighted by molar-refractivity contribution is -0.366. The monoisotopic (exact) mass is 541 g/mol. The highest BCUT2D eigenvalue weighted by Crippen LogP contribution is 2.70. The molecule has 39 heavy (non-hydrogen) atoms. The third kappa shape index (κ3) is 4.35. The van der Waals surface area contributed by atoms with E-state index in [9.17, 15) is 30.0 Å². The molecule has 1 aliphatic heterocycles. The minimum Gasteiger partial charge on any atom is -0.549 e. The quantitative estimate of drug-likeness (QED) is 0.413. The van der Waals surface area contributed by atoms with Crippen LogP contribution in [0.15, 0.2) is 42.0 Å². The Bertz CT molecular complexity index is 1120. The van der Waals surface area contributed by atoms with Gasteiger partial charge in [0.2, 0.25) is 0 Å². The smallest absolute Gasteiger partial charge is 0.331 e. The molecule has 8 heteroatoms. The number of aliphatic hydroxyl groups is 3. The first-order valence-corrected chi connectivity index (χ1v) is 14.6. The minimum atomic E-state index is -1.50. The number of carboxylic acid groups (broad SMARTS) is 1. The molecule has 0 bridgehead atoms. The van der Waals surface area contributed by atoms with Gasteiger partial charge in [-0.1, -0.05) is 37.3 Å². The molecule has 0 unspecified atom stereocenters. The summed E-state index contributed by atoms with van der Waals surface area (Å²) in [6.45, 7) is 3.33. The highest BCUT2D eigenvalue weighted by atomic mass is 16.5. The molecule has 5 aliphatic rings. The van der Waals surface area contributed by atoms with E-state index in [1.54, 1.807) is 6.08 Å². The number of fused-ring (bicyclic) bond motifs is 5. The first-order chi connectivity index (χ1) is 18.5. The number of carbonyl (C=O) groups is 2. The van der Waals surface area contributed by atoms with Crippen molar-refractivity contribution in [2.45, 2.75) is 88.4 Å². The number of quaternary nitrogens is 1. The molecule has 8 nitrogen and oxygen atoms in total. The fourth-order valence-corrected chi connectivity index (χ4v) is 9.32. The van der Waals surface area contributed by atoms with Crippen LogP contribution in [0.2, 0.25) is 0 Å². The van der Waals surface area contributed by atoms with Crippen molar-refractivity contribution in [1.82, 2.24) is 0 Å². The Morgan fingerprint density at radius 2 is 1.77 bits per heavy atom. The van der Waals surface area contributed by atoms with Crippen LogP contribution in [0, 0.1) is 28.6 Å². The van der Waals surface area contributed by atoms with Crippen LogP contribution in [0.4, 0.5) is 0 Å². The van der Waals surface area contributed by atoms with E-state index in [-0.39, 0.29) is 49.6 Å². The number of carboxylic acids is 1. The first kappa shape index (κ1) is 28.3. The van der Waals surface area contributed by atoms with E-state index in [2.05, 4.69) is 36.9 Å². The number of cyclic esters (lactones) is 1. The number of esters is 1. The van der Waals surface area contributed by atoms with Crippen LogP contribution in [0.3, 0.4) is 0 Å². The van der Waals surface area contributed by atoms with Gasteiger partial charge in [-0.15, -0.1) is 0 Å². The molecule has 4 saturated carbocycles. The third-order valence-corrected chi connectivity index (χ3v) is 11.2. The van der Waals surface area contributed by atoms with Crippen molar-refractivity contribution >= 4 is 11.9 Å². The fraction of sp³-hybridized carbons (Fsp3) is 0.677. The van der Waals surface area contributed by atoms with Crippen molar-refractivity contribution < 1.29 is 40.5 Å². The molecule has 8 atom stereocenters. The number of hydrogen-bond acceptors (Lipinski definition) is 7. The lowest BCUT2D eigenvalue weighted by Gasteiger charge is -2.67. The first-order valence-electron chi connectivity index (χ1n) is 14.6. The summed E-state index contributed by atoms with van der Waals surface area (Å²) in [5.74, 6) is -2.19. The van der Waals surface area contributed by atoms with E-state index in [1.165, 1.54) is 5.56 Å². The van der Waals surface area contributed by atoms with Crippen molar-refractivity contribution in [2.24, 2.45) is 28.6 Å². The summed E-state index contributed by atoms with van der Waals surface area (Å²) in [6.07, 6.45) is 5.74. The van der Waals surface area contributed by atoms with Crippen LogP contribution in [0.25, 0.3) is 0 Å². The zero-order chi connectivity index (χ0) is 28.1.